The van der Waals surface area contributed by atoms with Gasteiger partial charge in [-0.1, -0.05) is 42.5 Å². The van der Waals surface area contributed by atoms with E-state index >= 15 is 0 Å². The molecule has 2 heterocycles. The number of nitrogens with zero attached hydrogens (tertiary/aromatic N) is 1. The van der Waals surface area contributed by atoms with Crippen LogP contribution in [0.2, 0.25) is 0 Å². The average Bonchev–Trinajstić information content (AvgIpc) is 3.18. The first-order valence-corrected chi connectivity index (χ1v) is 11.1. The number of pyridine rings is 1. The minimum absolute atomic E-state index is 0.0442. The molecule has 5 nitrogen and oxygen atoms in total. The number of rotatable bonds is 5. The van der Waals surface area contributed by atoms with Gasteiger partial charge < -0.3 is 19.0 Å². The number of aromatic nitrogens is 1. The summed E-state index contributed by atoms with van der Waals surface area (Å²) in [5, 5.41) is 4.89. The van der Waals surface area contributed by atoms with Gasteiger partial charge in [0, 0.05) is 18.1 Å². The molecule has 0 saturated heterocycles. The zero-order valence-electron chi connectivity index (χ0n) is 19.2. The van der Waals surface area contributed by atoms with E-state index in [4.69, 9.17) is 9.15 Å². The number of hydrogen-bond donors (Lipinski definition) is 1. The zero-order valence-corrected chi connectivity index (χ0v) is 19.2. The van der Waals surface area contributed by atoms with E-state index in [1.807, 2.05) is 93.6 Å². The molecule has 0 saturated carbocycles. The Bertz CT molecular complexity index is 1540. The lowest BCUT2D eigenvalue weighted by Crippen LogP contribution is -2.17. The SMILES string of the molecule is Cc1ccccc1Nc1oc2c(c1-c1cccc(OC(C)C)c1)c(=O)n(C)c1ccccc21. The van der Waals surface area contributed by atoms with Gasteiger partial charge in [0.1, 0.15) is 5.75 Å². The third-order valence-corrected chi connectivity index (χ3v) is 5.82. The lowest BCUT2D eigenvalue weighted by Gasteiger charge is -2.12. The summed E-state index contributed by atoms with van der Waals surface area (Å²) >= 11 is 0. The smallest absolute Gasteiger partial charge is 0.262 e. The van der Waals surface area contributed by atoms with E-state index in [9.17, 15) is 4.79 Å². The molecule has 5 heteroatoms. The van der Waals surface area contributed by atoms with Gasteiger partial charge in [-0.05, 0) is 62.2 Å². The molecule has 0 bridgehead atoms. The number of fused-ring (bicyclic) bond motifs is 3. The van der Waals surface area contributed by atoms with Crippen LogP contribution in [0.1, 0.15) is 19.4 Å². The summed E-state index contributed by atoms with van der Waals surface area (Å²) < 4.78 is 14.0. The summed E-state index contributed by atoms with van der Waals surface area (Å²) in [6, 6.07) is 23.6. The van der Waals surface area contributed by atoms with Crippen LogP contribution in [0.5, 0.6) is 5.75 Å². The maximum absolute atomic E-state index is 13.6. The van der Waals surface area contributed by atoms with Crippen molar-refractivity contribution in [2.45, 2.75) is 26.9 Å². The largest absolute Gasteiger partial charge is 0.491 e. The first-order valence-electron chi connectivity index (χ1n) is 11.1. The molecular weight excluding hydrogens is 412 g/mol. The topological polar surface area (TPSA) is 56.4 Å². The van der Waals surface area contributed by atoms with Gasteiger partial charge in [0.2, 0.25) is 5.88 Å². The molecule has 5 aromatic rings. The van der Waals surface area contributed by atoms with Crippen molar-refractivity contribution in [1.29, 1.82) is 0 Å². The van der Waals surface area contributed by atoms with Crippen molar-refractivity contribution in [1.82, 2.24) is 4.57 Å². The minimum Gasteiger partial charge on any atom is -0.491 e. The van der Waals surface area contributed by atoms with Crippen molar-refractivity contribution in [3.05, 3.63) is 88.7 Å². The van der Waals surface area contributed by atoms with Crippen LogP contribution in [0.3, 0.4) is 0 Å². The molecule has 5 rings (SSSR count). The number of ether oxygens (including phenoxy) is 1. The van der Waals surface area contributed by atoms with Crippen molar-refractivity contribution in [2.75, 3.05) is 5.32 Å². The third kappa shape index (κ3) is 3.65. The standard InChI is InChI=1S/C28H26N2O3/c1-17(2)32-20-12-9-11-19(16-20)24-25-26(21-13-6-8-15-23(21)30(4)28(25)31)33-27(24)29-22-14-7-5-10-18(22)3/h5-17,29H,1-4H3. The summed E-state index contributed by atoms with van der Waals surface area (Å²) in [6.45, 7) is 6.02. The second-order valence-corrected chi connectivity index (χ2v) is 8.53. The van der Waals surface area contributed by atoms with Gasteiger partial charge in [-0.15, -0.1) is 0 Å². The van der Waals surface area contributed by atoms with Gasteiger partial charge in [0.15, 0.2) is 5.58 Å². The van der Waals surface area contributed by atoms with Crippen molar-refractivity contribution < 1.29 is 9.15 Å². The van der Waals surface area contributed by atoms with Crippen LogP contribution in [0.25, 0.3) is 33.0 Å². The molecule has 0 amide bonds. The van der Waals surface area contributed by atoms with Crippen LogP contribution in [0.15, 0.2) is 82.0 Å². The molecule has 0 aliphatic heterocycles. The normalized spacial score (nSPS) is 11.4. The number of furan rings is 1. The van der Waals surface area contributed by atoms with E-state index in [1.165, 1.54) is 0 Å². The predicted octanol–water partition coefficient (Wildman–Crippen LogP) is 6.79. The summed E-state index contributed by atoms with van der Waals surface area (Å²) in [5.41, 5.74) is 4.90. The fraction of sp³-hybridized carbons (Fsp3) is 0.179. The Labute approximate surface area is 192 Å². The first-order chi connectivity index (χ1) is 15.9. The first kappa shape index (κ1) is 20.9. The van der Waals surface area contributed by atoms with Gasteiger partial charge >= 0.3 is 0 Å². The fourth-order valence-corrected chi connectivity index (χ4v) is 4.26. The van der Waals surface area contributed by atoms with Gasteiger partial charge in [-0.25, -0.2) is 0 Å². The molecule has 0 fully saturated rings. The summed E-state index contributed by atoms with van der Waals surface area (Å²) in [4.78, 5) is 13.6. The number of para-hydroxylation sites is 2. The number of anilines is 2. The van der Waals surface area contributed by atoms with E-state index in [0.29, 0.717) is 16.9 Å². The van der Waals surface area contributed by atoms with Gasteiger partial charge in [0.25, 0.3) is 5.56 Å². The molecule has 0 aliphatic rings. The van der Waals surface area contributed by atoms with Crippen LogP contribution in [-0.4, -0.2) is 10.7 Å². The van der Waals surface area contributed by atoms with Gasteiger partial charge in [-0.2, -0.15) is 0 Å². The molecule has 0 spiro atoms. The van der Waals surface area contributed by atoms with Crippen LogP contribution in [0, 0.1) is 6.92 Å². The third-order valence-electron chi connectivity index (χ3n) is 5.82. The monoisotopic (exact) mass is 438 g/mol. The molecule has 0 aliphatic carbocycles. The molecule has 2 aromatic heterocycles. The van der Waals surface area contributed by atoms with E-state index in [0.717, 1.165) is 39.0 Å². The molecule has 166 valence electrons. The Morgan fingerprint density at radius 2 is 1.73 bits per heavy atom. The fourth-order valence-electron chi connectivity index (χ4n) is 4.26. The van der Waals surface area contributed by atoms with E-state index < -0.39 is 0 Å². The van der Waals surface area contributed by atoms with Crippen molar-refractivity contribution in [2.24, 2.45) is 7.05 Å². The van der Waals surface area contributed by atoms with Crippen LogP contribution >= 0.6 is 0 Å². The van der Waals surface area contributed by atoms with Crippen molar-refractivity contribution >= 4 is 33.4 Å². The highest BCUT2D eigenvalue weighted by Gasteiger charge is 2.23. The lowest BCUT2D eigenvalue weighted by atomic mass is 10.0. The molecule has 0 atom stereocenters. The van der Waals surface area contributed by atoms with Crippen LogP contribution in [0.4, 0.5) is 11.6 Å². The minimum atomic E-state index is -0.101. The number of hydrogen-bond acceptors (Lipinski definition) is 4. The number of benzene rings is 3. The van der Waals surface area contributed by atoms with E-state index in [2.05, 4.69) is 5.32 Å². The average molecular weight is 439 g/mol. The summed E-state index contributed by atoms with van der Waals surface area (Å²) in [7, 11) is 1.80. The number of aryl methyl sites for hydroxylation is 2. The summed E-state index contributed by atoms with van der Waals surface area (Å²) in [6.07, 6.45) is 0.0442. The van der Waals surface area contributed by atoms with E-state index in [1.54, 1.807) is 11.6 Å². The molecule has 33 heavy (non-hydrogen) atoms. The quantitative estimate of drug-likeness (QED) is 0.328. The predicted molar refractivity (Wildman–Crippen MR) is 135 cm³/mol. The maximum Gasteiger partial charge on any atom is 0.262 e. The number of nitrogens with one attached hydrogen (secondary N) is 1. The molecular formula is C28H26N2O3. The highest BCUT2D eigenvalue weighted by atomic mass is 16.5. The lowest BCUT2D eigenvalue weighted by molar-refractivity contribution is 0.242. The molecule has 0 radical (unpaired) electrons. The zero-order chi connectivity index (χ0) is 23.1. The Morgan fingerprint density at radius 3 is 2.52 bits per heavy atom. The maximum atomic E-state index is 13.6. The Hall–Kier alpha value is -3.99. The highest BCUT2D eigenvalue weighted by molar-refractivity contribution is 6.11. The highest BCUT2D eigenvalue weighted by Crippen LogP contribution is 2.42. The summed E-state index contributed by atoms with van der Waals surface area (Å²) in [5.74, 6) is 1.28. The molecule has 0 unspecified atom stereocenters. The van der Waals surface area contributed by atoms with E-state index in [-0.39, 0.29) is 11.7 Å². The Balaban J connectivity index is 1.84. The second kappa shape index (κ2) is 8.17. The van der Waals surface area contributed by atoms with Crippen molar-refractivity contribution in [3.63, 3.8) is 0 Å². The van der Waals surface area contributed by atoms with Gasteiger partial charge in [-0.3, -0.25) is 4.79 Å². The van der Waals surface area contributed by atoms with Crippen LogP contribution in [-0.2, 0) is 7.05 Å². The molecule has 1 N–H and O–H groups in total. The van der Waals surface area contributed by atoms with Crippen LogP contribution < -0.4 is 15.6 Å². The van der Waals surface area contributed by atoms with Crippen molar-refractivity contribution in [3.8, 4) is 16.9 Å². The van der Waals surface area contributed by atoms with Gasteiger partial charge in [0.05, 0.1) is 22.6 Å². The second-order valence-electron chi connectivity index (χ2n) is 8.53. The molecule has 3 aromatic carbocycles. The Kier molecular flexibility index (Phi) is 5.17. The Morgan fingerprint density at radius 1 is 0.970 bits per heavy atom.